The Bertz CT molecular complexity index is 533. The van der Waals surface area contributed by atoms with Crippen molar-refractivity contribution in [3.63, 3.8) is 0 Å². The Morgan fingerprint density at radius 1 is 1.44 bits per heavy atom. The first kappa shape index (κ1) is 13.7. The SMILES string of the molecule is O=C(O)C1(C(=O)Nc2cc(Cl)sc2Cl)CC=CS1. The zero-order chi connectivity index (χ0) is 13.3. The molecule has 0 aliphatic carbocycles. The van der Waals surface area contributed by atoms with Gasteiger partial charge in [-0.15, -0.1) is 23.1 Å². The number of carbonyl (C=O) groups is 2. The molecule has 0 saturated carbocycles. The van der Waals surface area contributed by atoms with Gasteiger partial charge >= 0.3 is 5.97 Å². The van der Waals surface area contributed by atoms with Gasteiger partial charge in [-0.1, -0.05) is 29.3 Å². The van der Waals surface area contributed by atoms with Crippen LogP contribution in [-0.2, 0) is 9.59 Å². The molecule has 8 heteroatoms. The summed E-state index contributed by atoms with van der Waals surface area (Å²) in [5.74, 6) is -1.78. The second-order valence-corrected chi connectivity index (χ2v) is 7.01. The average molecular weight is 324 g/mol. The van der Waals surface area contributed by atoms with Gasteiger partial charge in [0.1, 0.15) is 4.34 Å². The number of amides is 1. The van der Waals surface area contributed by atoms with E-state index in [4.69, 9.17) is 23.2 Å². The fourth-order valence-corrected chi connectivity index (χ4v) is 3.71. The summed E-state index contributed by atoms with van der Waals surface area (Å²) in [4.78, 5) is 23.4. The molecule has 2 rings (SSSR count). The van der Waals surface area contributed by atoms with Crippen molar-refractivity contribution in [2.75, 3.05) is 5.32 Å². The molecular formula is C10H7Cl2NO3S2. The molecule has 1 atom stereocenters. The fourth-order valence-electron chi connectivity index (χ4n) is 1.46. The Balaban J connectivity index is 2.21. The van der Waals surface area contributed by atoms with Gasteiger partial charge in [-0.2, -0.15) is 0 Å². The second kappa shape index (κ2) is 5.13. The summed E-state index contributed by atoms with van der Waals surface area (Å²) < 4.78 is -0.765. The zero-order valence-electron chi connectivity index (χ0n) is 8.78. The van der Waals surface area contributed by atoms with Crippen LogP contribution in [0, 0.1) is 0 Å². The summed E-state index contributed by atoms with van der Waals surface area (Å²) in [6.45, 7) is 0. The van der Waals surface area contributed by atoms with Crippen LogP contribution in [0.3, 0.4) is 0 Å². The van der Waals surface area contributed by atoms with E-state index in [2.05, 4.69) is 5.32 Å². The highest BCUT2D eigenvalue weighted by Crippen LogP contribution is 2.40. The molecular weight excluding hydrogens is 317 g/mol. The van der Waals surface area contributed by atoms with Crippen molar-refractivity contribution in [3.05, 3.63) is 26.2 Å². The van der Waals surface area contributed by atoms with Gasteiger partial charge < -0.3 is 10.4 Å². The molecule has 0 bridgehead atoms. The van der Waals surface area contributed by atoms with E-state index < -0.39 is 16.6 Å². The van der Waals surface area contributed by atoms with Gasteiger partial charge in [0.2, 0.25) is 0 Å². The van der Waals surface area contributed by atoms with E-state index in [0.29, 0.717) is 14.4 Å². The molecule has 0 fully saturated rings. The number of thiophene rings is 1. The van der Waals surface area contributed by atoms with Crippen LogP contribution in [0.2, 0.25) is 8.67 Å². The van der Waals surface area contributed by atoms with E-state index in [1.807, 2.05) is 0 Å². The number of allylic oxidation sites excluding steroid dienone is 1. The molecule has 2 N–H and O–H groups in total. The third-order valence-corrected chi connectivity index (χ3v) is 5.13. The topological polar surface area (TPSA) is 66.4 Å². The van der Waals surface area contributed by atoms with E-state index in [1.54, 1.807) is 11.5 Å². The lowest BCUT2D eigenvalue weighted by molar-refractivity contribution is -0.143. The summed E-state index contributed by atoms with van der Waals surface area (Å²) in [5.41, 5.74) is 0.338. The minimum atomic E-state index is -1.52. The predicted octanol–water partition coefficient (Wildman–Crippen LogP) is 3.47. The van der Waals surface area contributed by atoms with Crippen LogP contribution in [-0.4, -0.2) is 21.7 Å². The summed E-state index contributed by atoms with van der Waals surface area (Å²) in [5, 5.41) is 13.3. The quantitative estimate of drug-likeness (QED) is 0.836. The Kier molecular flexibility index (Phi) is 3.91. The number of aliphatic carboxylic acids is 1. The Morgan fingerprint density at radius 3 is 2.61 bits per heavy atom. The average Bonchev–Trinajstić information content (AvgIpc) is 2.87. The summed E-state index contributed by atoms with van der Waals surface area (Å²) in [7, 11) is 0. The highest BCUT2D eigenvalue weighted by atomic mass is 35.5. The van der Waals surface area contributed by atoms with E-state index in [0.717, 1.165) is 23.1 Å². The Hall–Kier alpha value is -0.690. The molecule has 18 heavy (non-hydrogen) atoms. The molecule has 1 aliphatic rings. The van der Waals surface area contributed by atoms with Crippen molar-refractivity contribution < 1.29 is 14.7 Å². The number of carbonyl (C=O) groups excluding carboxylic acids is 1. The highest BCUT2D eigenvalue weighted by molar-refractivity contribution is 8.05. The van der Waals surface area contributed by atoms with Crippen LogP contribution < -0.4 is 5.32 Å². The largest absolute Gasteiger partial charge is 0.480 e. The molecule has 1 aromatic rings. The lowest BCUT2D eigenvalue weighted by Crippen LogP contribution is -2.45. The molecule has 0 radical (unpaired) electrons. The predicted molar refractivity (Wildman–Crippen MR) is 74.7 cm³/mol. The second-order valence-electron chi connectivity index (χ2n) is 3.52. The van der Waals surface area contributed by atoms with Crippen LogP contribution >= 0.6 is 46.3 Å². The van der Waals surface area contributed by atoms with Crippen molar-refractivity contribution in [3.8, 4) is 0 Å². The van der Waals surface area contributed by atoms with Gasteiger partial charge in [-0.3, -0.25) is 9.59 Å². The molecule has 1 aromatic heterocycles. The first-order chi connectivity index (χ1) is 8.45. The number of halogens is 2. The van der Waals surface area contributed by atoms with Crippen LogP contribution in [0.25, 0.3) is 0 Å². The third kappa shape index (κ3) is 2.38. The molecule has 0 aromatic carbocycles. The summed E-state index contributed by atoms with van der Waals surface area (Å²) in [6.07, 6.45) is 1.80. The normalized spacial score (nSPS) is 22.1. The van der Waals surface area contributed by atoms with Crippen molar-refractivity contribution in [2.45, 2.75) is 11.2 Å². The number of hydrogen-bond acceptors (Lipinski definition) is 4. The lowest BCUT2D eigenvalue weighted by Gasteiger charge is -2.21. The molecule has 0 spiro atoms. The van der Waals surface area contributed by atoms with Crippen molar-refractivity contribution in [2.24, 2.45) is 0 Å². The van der Waals surface area contributed by atoms with Crippen LogP contribution in [0.1, 0.15) is 6.42 Å². The zero-order valence-corrected chi connectivity index (χ0v) is 11.9. The minimum Gasteiger partial charge on any atom is -0.480 e. The number of anilines is 1. The highest BCUT2D eigenvalue weighted by Gasteiger charge is 2.48. The molecule has 96 valence electrons. The number of hydrogen-bond donors (Lipinski definition) is 2. The smallest absolute Gasteiger partial charge is 0.330 e. The van der Waals surface area contributed by atoms with Crippen LogP contribution in [0.4, 0.5) is 5.69 Å². The number of carboxylic acid groups (broad SMARTS) is 1. The molecule has 1 aliphatic heterocycles. The minimum absolute atomic E-state index is 0.147. The number of nitrogens with one attached hydrogen (secondary N) is 1. The van der Waals surface area contributed by atoms with E-state index in [-0.39, 0.29) is 6.42 Å². The van der Waals surface area contributed by atoms with Crippen molar-refractivity contribution >= 4 is 63.9 Å². The molecule has 1 unspecified atom stereocenters. The van der Waals surface area contributed by atoms with Crippen LogP contribution in [0.5, 0.6) is 0 Å². The van der Waals surface area contributed by atoms with E-state index in [9.17, 15) is 14.7 Å². The molecule has 0 saturated heterocycles. The van der Waals surface area contributed by atoms with Crippen molar-refractivity contribution in [1.29, 1.82) is 0 Å². The summed E-state index contributed by atoms with van der Waals surface area (Å²) >= 11 is 13.7. The lowest BCUT2D eigenvalue weighted by atomic mass is 10.0. The molecule has 1 amide bonds. The van der Waals surface area contributed by atoms with Gasteiger partial charge in [0.05, 0.1) is 10.0 Å². The maximum Gasteiger partial charge on any atom is 0.330 e. The van der Waals surface area contributed by atoms with Gasteiger partial charge in [0.15, 0.2) is 4.75 Å². The van der Waals surface area contributed by atoms with E-state index >= 15 is 0 Å². The van der Waals surface area contributed by atoms with Crippen molar-refractivity contribution in [1.82, 2.24) is 0 Å². The molecule has 2 heterocycles. The number of rotatable bonds is 3. The van der Waals surface area contributed by atoms with Gasteiger partial charge in [0, 0.05) is 6.42 Å². The monoisotopic (exact) mass is 323 g/mol. The fraction of sp³-hybridized carbons (Fsp3) is 0.200. The van der Waals surface area contributed by atoms with Crippen LogP contribution in [0.15, 0.2) is 17.6 Å². The number of thioether (sulfide) groups is 1. The Labute approximate surface area is 121 Å². The first-order valence-corrected chi connectivity index (χ1v) is 7.23. The van der Waals surface area contributed by atoms with Gasteiger partial charge in [-0.25, -0.2) is 0 Å². The first-order valence-electron chi connectivity index (χ1n) is 4.78. The molecule has 4 nitrogen and oxygen atoms in total. The van der Waals surface area contributed by atoms with Gasteiger partial charge in [0.25, 0.3) is 5.91 Å². The third-order valence-electron chi connectivity index (χ3n) is 2.39. The Morgan fingerprint density at radius 2 is 2.17 bits per heavy atom. The summed E-state index contributed by atoms with van der Waals surface area (Å²) in [6, 6.07) is 1.50. The maximum atomic E-state index is 12.1. The number of carboxylic acids is 1. The standard InChI is InChI=1S/C10H7Cl2NO3S2/c11-6-4-5(7(12)18-6)13-8(14)10(9(15)16)2-1-3-17-10/h1,3-4H,2H2,(H,13,14)(H,15,16). The van der Waals surface area contributed by atoms with Gasteiger partial charge in [-0.05, 0) is 11.5 Å². The van der Waals surface area contributed by atoms with E-state index in [1.165, 1.54) is 6.07 Å². The maximum absolute atomic E-state index is 12.1.